The van der Waals surface area contributed by atoms with Crippen molar-refractivity contribution in [3.63, 3.8) is 0 Å². The molecule has 4 nitrogen and oxygen atoms in total. The van der Waals surface area contributed by atoms with Crippen molar-refractivity contribution in [3.8, 4) is 11.5 Å². The first kappa shape index (κ1) is 16.1. The molecular weight excluding hydrogens is 336 g/mol. The number of carboxylic acid groups (broad SMARTS) is 1. The third kappa shape index (κ3) is 4.13. The van der Waals surface area contributed by atoms with E-state index in [0.29, 0.717) is 30.4 Å². The lowest BCUT2D eigenvalue weighted by atomic mass is 9.86. The van der Waals surface area contributed by atoms with Crippen LogP contribution in [0.2, 0.25) is 0 Å². The Labute approximate surface area is 133 Å². The van der Waals surface area contributed by atoms with Gasteiger partial charge in [0.25, 0.3) is 0 Å². The molecule has 0 aromatic heterocycles. The molecule has 0 heterocycles. The van der Waals surface area contributed by atoms with Crippen LogP contribution >= 0.6 is 15.9 Å². The summed E-state index contributed by atoms with van der Waals surface area (Å²) in [6.45, 7) is 4.14. The summed E-state index contributed by atoms with van der Waals surface area (Å²) in [7, 11) is 1.60. The van der Waals surface area contributed by atoms with E-state index in [4.69, 9.17) is 9.47 Å². The Kier molecular flexibility index (Phi) is 4.81. The van der Waals surface area contributed by atoms with Crippen LogP contribution in [-0.2, 0) is 11.2 Å². The van der Waals surface area contributed by atoms with Gasteiger partial charge in [-0.15, -0.1) is 0 Å². The highest BCUT2D eigenvalue weighted by Gasteiger charge is 2.29. The zero-order valence-electron chi connectivity index (χ0n) is 12.6. The Bertz CT molecular complexity index is 535. The lowest BCUT2D eigenvalue weighted by molar-refractivity contribution is -0.146. The minimum absolute atomic E-state index is 0.419. The summed E-state index contributed by atoms with van der Waals surface area (Å²) in [6, 6.07) is 3.73. The molecule has 21 heavy (non-hydrogen) atoms. The summed E-state index contributed by atoms with van der Waals surface area (Å²) >= 11 is 3.51. The van der Waals surface area contributed by atoms with Crippen molar-refractivity contribution in [2.24, 2.45) is 11.3 Å². The lowest BCUT2D eigenvalue weighted by Gasteiger charge is -2.21. The van der Waals surface area contributed by atoms with Gasteiger partial charge in [0.1, 0.15) is 0 Å². The van der Waals surface area contributed by atoms with E-state index in [9.17, 15) is 9.90 Å². The molecule has 0 atom stereocenters. The van der Waals surface area contributed by atoms with Gasteiger partial charge >= 0.3 is 5.97 Å². The van der Waals surface area contributed by atoms with Gasteiger partial charge < -0.3 is 14.6 Å². The third-order valence-corrected chi connectivity index (χ3v) is 4.45. The monoisotopic (exact) mass is 356 g/mol. The highest BCUT2D eigenvalue weighted by atomic mass is 79.9. The number of carbonyl (C=O) groups is 1. The van der Waals surface area contributed by atoms with Crippen molar-refractivity contribution in [2.75, 3.05) is 13.7 Å². The SMILES string of the molecule is COc1cc(CC(C)(C)C(=O)O)c(Br)cc1OCC1CC1. The maximum Gasteiger partial charge on any atom is 0.309 e. The molecule has 0 unspecified atom stereocenters. The number of ether oxygens (including phenoxy) is 2. The Balaban J connectivity index is 2.20. The topological polar surface area (TPSA) is 55.8 Å². The molecule has 0 radical (unpaired) electrons. The molecule has 5 heteroatoms. The number of carboxylic acids is 1. The van der Waals surface area contributed by atoms with Crippen LogP contribution in [-0.4, -0.2) is 24.8 Å². The number of methoxy groups -OCH3 is 1. The van der Waals surface area contributed by atoms with Crippen LogP contribution < -0.4 is 9.47 Å². The molecule has 1 aliphatic rings. The first-order valence-corrected chi connectivity index (χ1v) is 7.85. The highest BCUT2D eigenvalue weighted by Crippen LogP contribution is 2.38. The summed E-state index contributed by atoms with van der Waals surface area (Å²) < 4.78 is 12.0. The summed E-state index contributed by atoms with van der Waals surface area (Å²) in [6.07, 6.45) is 2.88. The average Bonchev–Trinajstić information content (AvgIpc) is 3.22. The highest BCUT2D eigenvalue weighted by molar-refractivity contribution is 9.10. The van der Waals surface area contributed by atoms with Crippen molar-refractivity contribution in [1.29, 1.82) is 0 Å². The van der Waals surface area contributed by atoms with Crippen LogP contribution in [0.1, 0.15) is 32.3 Å². The second kappa shape index (κ2) is 6.26. The number of hydrogen-bond acceptors (Lipinski definition) is 3. The molecule has 0 amide bonds. The molecule has 116 valence electrons. The fourth-order valence-corrected chi connectivity index (χ4v) is 2.49. The van der Waals surface area contributed by atoms with Gasteiger partial charge in [0.15, 0.2) is 11.5 Å². The Morgan fingerprint density at radius 1 is 1.38 bits per heavy atom. The lowest BCUT2D eigenvalue weighted by Crippen LogP contribution is -2.26. The van der Waals surface area contributed by atoms with Crippen molar-refractivity contribution >= 4 is 21.9 Å². The van der Waals surface area contributed by atoms with Crippen molar-refractivity contribution in [1.82, 2.24) is 0 Å². The summed E-state index contributed by atoms with van der Waals surface area (Å²) in [5.74, 6) is 1.20. The van der Waals surface area contributed by atoms with Crippen molar-refractivity contribution < 1.29 is 19.4 Å². The number of rotatable bonds is 7. The van der Waals surface area contributed by atoms with E-state index in [1.807, 2.05) is 12.1 Å². The Hall–Kier alpha value is -1.23. The zero-order valence-corrected chi connectivity index (χ0v) is 14.2. The van der Waals surface area contributed by atoms with Crippen LogP contribution in [0.25, 0.3) is 0 Å². The van der Waals surface area contributed by atoms with Gasteiger partial charge in [-0.1, -0.05) is 15.9 Å². The van der Waals surface area contributed by atoms with Gasteiger partial charge in [-0.2, -0.15) is 0 Å². The first-order valence-electron chi connectivity index (χ1n) is 7.06. The number of halogens is 1. The molecule has 1 N–H and O–H groups in total. The van der Waals surface area contributed by atoms with Gasteiger partial charge in [0, 0.05) is 4.47 Å². The molecule has 0 saturated heterocycles. The van der Waals surface area contributed by atoms with E-state index >= 15 is 0 Å². The minimum atomic E-state index is -0.829. The van der Waals surface area contributed by atoms with E-state index in [0.717, 1.165) is 10.0 Å². The van der Waals surface area contributed by atoms with Crippen molar-refractivity contribution in [3.05, 3.63) is 22.2 Å². The summed E-state index contributed by atoms with van der Waals surface area (Å²) in [5.41, 5.74) is 0.0715. The predicted molar refractivity (Wildman–Crippen MR) is 84.0 cm³/mol. The molecule has 0 spiro atoms. The van der Waals surface area contributed by atoms with Crippen LogP contribution in [0.4, 0.5) is 0 Å². The van der Waals surface area contributed by atoms with Crippen LogP contribution in [0.3, 0.4) is 0 Å². The number of aliphatic carboxylic acids is 1. The maximum atomic E-state index is 11.3. The maximum absolute atomic E-state index is 11.3. The predicted octanol–water partition coefficient (Wildman–Crippen LogP) is 3.90. The second-order valence-electron chi connectivity index (χ2n) is 6.21. The van der Waals surface area contributed by atoms with Crippen LogP contribution in [0, 0.1) is 11.3 Å². The molecule has 1 saturated carbocycles. The fourth-order valence-electron chi connectivity index (χ4n) is 2.03. The second-order valence-corrected chi connectivity index (χ2v) is 7.07. The van der Waals surface area contributed by atoms with Crippen LogP contribution in [0.5, 0.6) is 11.5 Å². The molecule has 1 aliphatic carbocycles. The number of benzene rings is 1. The smallest absolute Gasteiger partial charge is 0.309 e. The van der Waals surface area contributed by atoms with E-state index in [-0.39, 0.29) is 0 Å². The minimum Gasteiger partial charge on any atom is -0.493 e. The van der Waals surface area contributed by atoms with Crippen LogP contribution in [0.15, 0.2) is 16.6 Å². The normalized spacial score (nSPS) is 14.9. The fraction of sp³-hybridized carbons (Fsp3) is 0.562. The van der Waals surface area contributed by atoms with E-state index < -0.39 is 11.4 Å². The van der Waals surface area contributed by atoms with E-state index in [1.165, 1.54) is 12.8 Å². The largest absolute Gasteiger partial charge is 0.493 e. The molecule has 1 fully saturated rings. The van der Waals surface area contributed by atoms with Gasteiger partial charge in [-0.05, 0) is 56.7 Å². The summed E-state index contributed by atoms with van der Waals surface area (Å²) in [4.78, 5) is 11.3. The molecule has 1 aromatic rings. The third-order valence-electron chi connectivity index (χ3n) is 3.72. The van der Waals surface area contributed by atoms with E-state index in [2.05, 4.69) is 15.9 Å². The van der Waals surface area contributed by atoms with Crippen molar-refractivity contribution in [2.45, 2.75) is 33.1 Å². The zero-order chi connectivity index (χ0) is 15.6. The van der Waals surface area contributed by atoms with Gasteiger partial charge in [-0.25, -0.2) is 0 Å². The average molecular weight is 357 g/mol. The quantitative estimate of drug-likeness (QED) is 0.804. The molecule has 0 aliphatic heterocycles. The molecular formula is C16H21BrO4. The standard InChI is InChI=1S/C16H21BrO4/c1-16(2,15(18)19)8-11-6-13(20-3)14(7-12(11)17)21-9-10-4-5-10/h6-7,10H,4-5,8-9H2,1-3H3,(H,18,19). The first-order chi connectivity index (χ1) is 9.83. The summed E-state index contributed by atoms with van der Waals surface area (Å²) in [5, 5.41) is 9.26. The van der Waals surface area contributed by atoms with Gasteiger partial charge in [0.05, 0.1) is 19.1 Å². The Morgan fingerprint density at radius 3 is 2.57 bits per heavy atom. The molecule has 1 aromatic carbocycles. The molecule has 0 bridgehead atoms. The number of hydrogen-bond donors (Lipinski definition) is 1. The van der Waals surface area contributed by atoms with Gasteiger partial charge in [-0.3, -0.25) is 4.79 Å². The Morgan fingerprint density at radius 2 is 2.05 bits per heavy atom. The van der Waals surface area contributed by atoms with Gasteiger partial charge in [0.2, 0.25) is 0 Å². The molecule has 2 rings (SSSR count). The van der Waals surface area contributed by atoms with E-state index in [1.54, 1.807) is 21.0 Å².